The second kappa shape index (κ2) is 6.76. The summed E-state index contributed by atoms with van der Waals surface area (Å²) in [7, 11) is -1.07. The van der Waals surface area contributed by atoms with E-state index in [2.05, 4.69) is 34.7 Å². The lowest BCUT2D eigenvalue weighted by Gasteiger charge is -2.15. The van der Waals surface area contributed by atoms with Crippen LogP contribution in [0.4, 0.5) is 5.82 Å². The molecule has 0 atom stereocenters. The lowest BCUT2D eigenvalue weighted by molar-refractivity contribution is 0.0784. The molecule has 2 aromatic rings. The van der Waals surface area contributed by atoms with Crippen molar-refractivity contribution in [1.82, 2.24) is 19.7 Å². The third-order valence-corrected chi connectivity index (χ3v) is 5.31. The fraction of sp³-hybridized carbons (Fsp3) is 0.500. The van der Waals surface area contributed by atoms with Crippen molar-refractivity contribution in [3.63, 3.8) is 0 Å². The molecule has 0 aliphatic heterocycles. The first-order valence-corrected chi connectivity index (χ1v) is 11.2. The predicted octanol–water partition coefficient (Wildman–Crippen LogP) is 3.20. The summed E-state index contributed by atoms with van der Waals surface area (Å²) in [5, 5.41) is 4.79. The summed E-state index contributed by atoms with van der Waals surface area (Å²) >= 11 is 6.17. The SMILES string of the molecule is Cc1nn(COCC[Si](C)(C)C)cc1-c1ncnc(N)c1Cl. The van der Waals surface area contributed by atoms with E-state index < -0.39 is 8.07 Å². The first-order valence-electron chi connectivity index (χ1n) is 7.16. The predicted molar refractivity (Wildman–Crippen MR) is 91.5 cm³/mol. The van der Waals surface area contributed by atoms with Crippen LogP contribution in [-0.4, -0.2) is 34.4 Å². The number of nitrogen functional groups attached to an aromatic ring is 1. The number of hydrogen-bond acceptors (Lipinski definition) is 5. The molecule has 0 unspecified atom stereocenters. The zero-order chi connectivity index (χ0) is 16.3. The molecule has 0 fully saturated rings. The smallest absolute Gasteiger partial charge is 0.146 e. The largest absolute Gasteiger partial charge is 0.382 e. The van der Waals surface area contributed by atoms with Crippen LogP contribution in [0.15, 0.2) is 12.5 Å². The quantitative estimate of drug-likeness (QED) is 0.645. The van der Waals surface area contributed by atoms with Gasteiger partial charge < -0.3 is 10.5 Å². The Bertz CT molecular complexity index is 653. The Kier molecular flexibility index (Phi) is 5.20. The number of hydrogen-bond donors (Lipinski definition) is 1. The topological polar surface area (TPSA) is 78.8 Å². The molecule has 6 nitrogen and oxygen atoms in total. The normalized spacial score (nSPS) is 11.9. The molecule has 0 radical (unpaired) electrons. The van der Waals surface area contributed by atoms with Gasteiger partial charge in [-0.05, 0) is 13.0 Å². The summed E-state index contributed by atoms with van der Waals surface area (Å²) < 4.78 is 7.45. The molecule has 2 N–H and O–H groups in total. The second-order valence-corrected chi connectivity index (χ2v) is 12.4. The molecule has 8 heteroatoms. The van der Waals surface area contributed by atoms with E-state index in [-0.39, 0.29) is 5.82 Å². The van der Waals surface area contributed by atoms with E-state index in [0.29, 0.717) is 17.4 Å². The third-order valence-electron chi connectivity index (χ3n) is 3.24. The van der Waals surface area contributed by atoms with Gasteiger partial charge >= 0.3 is 0 Å². The van der Waals surface area contributed by atoms with Gasteiger partial charge in [-0.25, -0.2) is 14.6 Å². The number of nitrogens with two attached hydrogens (primary N) is 1. The van der Waals surface area contributed by atoms with E-state index in [1.807, 2.05) is 13.1 Å². The highest BCUT2D eigenvalue weighted by molar-refractivity contribution is 6.76. The Balaban J connectivity index is 2.07. The van der Waals surface area contributed by atoms with Crippen LogP contribution in [0.2, 0.25) is 30.7 Å². The zero-order valence-corrected chi connectivity index (χ0v) is 15.2. The van der Waals surface area contributed by atoms with Gasteiger partial charge in [0, 0.05) is 26.4 Å². The van der Waals surface area contributed by atoms with Crippen LogP contribution in [-0.2, 0) is 11.5 Å². The molecule has 0 spiro atoms. The monoisotopic (exact) mass is 339 g/mol. The van der Waals surface area contributed by atoms with E-state index in [4.69, 9.17) is 22.1 Å². The molecule has 0 bridgehead atoms. The highest BCUT2D eigenvalue weighted by Gasteiger charge is 2.15. The third kappa shape index (κ3) is 4.28. The molecular formula is C14H22ClN5OSi. The summed E-state index contributed by atoms with van der Waals surface area (Å²) in [5.41, 5.74) is 7.99. The molecule has 0 aliphatic carbocycles. The minimum atomic E-state index is -1.07. The van der Waals surface area contributed by atoms with Gasteiger partial charge in [-0.2, -0.15) is 5.10 Å². The van der Waals surface area contributed by atoms with Crippen molar-refractivity contribution in [3.05, 3.63) is 23.2 Å². The van der Waals surface area contributed by atoms with Gasteiger partial charge in [0.15, 0.2) is 0 Å². The standard InChI is InChI=1S/C14H22ClN5OSi/c1-10-11(13-12(15)14(16)18-8-17-13)7-20(19-10)9-21-5-6-22(2,3)4/h7-8H,5-6,9H2,1-4H3,(H2,16,17,18). The summed E-state index contributed by atoms with van der Waals surface area (Å²) in [6.07, 6.45) is 3.27. The molecule has 0 amide bonds. The van der Waals surface area contributed by atoms with Crippen LogP contribution in [0.1, 0.15) is 5.69 Å². The molecule has 22 heavy (non-hydrogen) atoms. The van der Waals surface area contributed by atoms with Crippen LogP contribution < -0.4 is 5.73 Å². The van der Waals surface area contributed by atoms with Crippen molar-refractivity contribution in [1.29, 1.82) is 0 Å². The van der Waals surface area contributed by atoms with Crippen molar-refractivity contribution in [2.75, 3.05) is 12.3 Å². The Hall–Kier alpha value is -1.44. The van der Waals surface area contributed by atoms with E-state index in [0.717, 1.165) is 23.9 Å². The summed E-state index contributed by atoms with van der Waals surface area (Å²) in [6.45, 7) is 10.1. The number of aryl methyl sites for hydroxylation is 1. The number of ether oxygens (including phenoxy) is 1. The van der Waals surface area contributed by atoms with Gasteiger partial charge in [0.2, 0.25) is 0 Å². The molecule has 0 aromatic carbocycles. The lowest BCUT2D eigenvalue weighted by atomic mass is 10.2. The van der Waals surface area contributed by atoms with Gasteiger partial charge in [-0.3, -0.25) is 0 Å². The number of aromatic nitrogens is 4. The maximum absolute atomic E-state index is 6.17. The minimum absolute atomic E-state index is 0.269. The maximum Gasteiger partial charge on any atom is 0.146 e. The first-order chi connectivity index (χ1) is 10.3. The molecule has 2 heterocycles. The summed E-state index contributed by atoms with van der Waals surface area (Å²) in [4.78, 5) is 8.07. The first kappa shape index (κ1) is 16.9. The van der Waals surface area contributed by atoms with E-state index >= 15 is 0 Å². The van der Waals surface area contributed by atoms with Gasteiger partial charge in [-0.15, -0.1) is 0 Å². The number of rotatable bonds is 6. The molecule has 0 saturated carbocycles. The van der Waals surface area contributed by atoms with Gasteiger partial charge in [-0.1, -0.05) is 31.2 Å². The number of anilines is 1. The Labute approximate surface area is 136 Å². The van der Waals surface area contributed by atoms with Crippen LogP contribution in [0.25, 0.3) is 11.3 Å². The van der Waals surface area contributed by atoms with Crippen molar-refractivity contribution < 1.29 is 4.74 Å². The van der Waals surface area contributed by atoms with Crippen molar-refractivity contribution in [3.8, 4) is 11.3 Å². The average molecular weight is 340 g/mol. The molecular weight excluding hydrogens is 318 g/mol. The number of nitrogens with zero attached hydrogens (tertiary/aromatic N) is 4. The van der Waals surface area contributed by atoms with Gasteiger partial charge in [0.05, 0.1) is 11.4 Å². The molecule has 120 valence electrons. The van der Waals surface area contributed by atoms with Crippen LogP contribution in [0, 0.1) is 6.92 Å². The second-order valence-electron chi connectivity index (χ2n) is 6.44. The molecule has 0 saturated heterocycles. The van der Waals surface area contributed by atoms with Crippen molar-refractivity contribution in [2.24, 2.45) is 0 Å². The van der Waals surface area contributed by atoms with Gasteiger partial charge in [0.1, 0.15) is 23.9 Å². The molecule has 0 aliphatic rings. The average Bonchev–Trinajstić information content (AvgIpc) is 2.78. The molecule has 2 aromatic heterocycles. The fourth-order valence-electron chi connectivity index (χ4n) is 1.92. The number of halogens is 1. The van der Waals surface area contributed by atoms with Crippen molar-refractivity contribution >= 4 is 25.5 Å². The van der Waals surface area contributed by atoms with Gasteiger partial charge in [0.25, 0.3) is 0 Å². The van der Waals surface area contributed by atoms with Crippen molar-refractivity contribution in [2.45, 2.75) is 39.3 Å². The van der Waals surface area contributed by atoms with Crippen LogP contribution in [0.5, 0.6) is 0 Å². The summed E-state index contributed by atoms with van der Waals surface area (Å²) in [6, 6.07) is 1.13. The minimum Gasteiger partial charge on any atom is -0.382 e. The lowest BCUT2D eigenvalue weighted by Crippen LogP contribution is -2.22. The fourth-order valence-corrected chi connectivity index (χ4v) is 2.88. The Morgan fingerprint density at radius 1 is 1.32 bits per heavy atom. The maximum atomic E-state index is 6.17. The van der Waals surface area contributed by atoms with Crippen LogP contribution >= 0.6 is 11.6 Å². The van der Waals surface area contributed by atoms with Crippen LogP contribution in [0.3, 0.4) is 0 Å². The highest BCUT2D eigenvalue weighted by Crippen LogP contribution is 2.30. The summed E-state index contributed by atoms with van der Waals surface area (Å²) in [5.74, 6) is 0.269. The van der Waals surface area contributed by atoms with E-state index in [9.17, 15) is 0 Å². The Morgan fingerprint density at radius 2 is 2.05 bits per heavy atom. The van der Waals surface area contributed by atoms with E-state index in [1.165, 1.54) is 6.33 Å². The molecule has 2 rings (SSSR count). The zero-order valence-electron chi connectivity index (χ0n) is 13.4. The Morgan fingerprint density at radius 3 is 2.73 bits per heavy atom. The highest BCUT2D eigenvalue weighted by atomic mass is 35.5. The van der Waals surface area contributed by atoms with E-state index in [1.54, 1.807) is 4.68 Å².